The number of hydrogen-bond donors (Lipinski definition) is 0. The molecule has 2 aliphatic rings. The highest BCUT2D eigenvalue weighted by Crippen LogP contribution is 2.49. The zero-order valence-electron chi connectivity index (χ0n) is 13.5. The summed E-state index contributed by atoms with van der Waals surface area (Å²) in [5.41, 5.74) is 2.56. The number of nitrogens with zero attached hydrogens (tertiary/aromatic N) is 2. The van der Waals surface area contributed by atoms with Crippen LogP contribution in [0.15, 0.2) is 48.5 Å². The summed E-state index contributed by atoms with van der Waals surface area (Å²) < 4.78 is 5.29. The molecule has 1 unspecified atom stereocenters. The van der Waals surface area contributed by atoms with Crippen LogP contribution in [0.2, 0.25) is 0 Å². The van der Waals surface area contributed by atoms with Gasteiger partial charge < -0.3 is 9.64 Å². The number of rotatable bonds is 3. The van der Waals surface area contributed by atoms with Gasteiger partial charge >= 0.3 is 0 Å². The van der Waals surface area contributed by atoms with E-state index in [1.807, 2.05) is 35.2 Å². The van der Waals surface area contributed by atoms with Gasteiger partial charge in [0.25, 0.3) is 5.91 Å². The lowest BCUT2D eigenvalue weighted by atomic mass is 9.90. The average molecular weight is 308 g/mol. The van der Waals surface area contributed by atoms with Crippen LogP contribution >= 0.6 is 0 Å². The number of benzene rings is 2. The predicted molar refractivity (Wildman–Crippen MR) is 88.5 cm³/mol. The van der Waals surface area contributed by atoms with E-state index in [0.717, 1.165) is 42.1 Å². The van der Waals surface area contributed by atoms with Crippen LogP contribution in [-0.2, 0) is 5.66 Å². The molecule has 4 nitrogen and oxygen atoms in total. The van der Waals surface area contributed by atoms with Crippen LogP contribution in [0.4, 0.5) is 0 Å². The number of hydrogen-bond acceptors (Lipinski definition) is 3. The quantitative estimate of drug-likeness (QED) is 0.874. The number of amides is 1. The van der Waals surface area contributed by atoms with Gasteiger partial charge in [-0.1, -0.05) is 37.3 Å². The normalized spacial score (nSPS) is 23.0. The average Bonchev–Trinajstić information content (AvgIpc) is 3.11. The van der Waals surface area contributed by atoms with E-state index in [2.05, 4.69) is 30.0 Å². The van der Waals surface area contributed by atoms with Crippen molar-refractivity contribution in [2.75, 3.05) is 26.7 Å². The van der Waals surface area contributed by atoms with Crippen molar-refractivity contribution in [2.45, 2.75) is 12.6 Å². The van der Waals surface area contributed by atoms with E-state index in [4.69, 9.17) is 4.74 Å². The van der Waals surface area contributed by atoms with Gasteiger partial charge in [-0.2, -0.15) is 0 Å². The third-order valence-corrected chi connectivity index (χ3v) is 5.09. The molecular formula is C19H20N2O2. The Hall–Kier alpha value is -2.33. The lowest BCUT2D eigenvalue weighted by Gasteiger charge is -2.40. The van der Waals surface area contributed by atoms with Crippen LogP contribution in [-0.4, -0.2) is 42.5 Å². The van der Waals surface area contributed by atoms with Crippen molar-refractivity contribution in [3.8, 4) is 5.75 Å². The summed E-state index contributed by atoms with van der Waals surface area (Å²) in [5, 5.41) is 0. The maximum Gasteiger partial charge on any atom is 0.256 e. The summed E-state index contributed by atoms with van der Waals surface area (Å²) in [7, 11) is 1.67. The molecule has 0 N–H and O–H groups in total. The van der Waals surface area contributed by atoms with E-state index in [0.29, 0.717) is 0 Å². The topological polar surface area (TPSA) is 32.8 Å². The van der Waals surface area contributed by atoms with Gasteiger partial charge in [-0.15, -0.1) is 0 Å². The molecule has 0 aliphatic carbocycles. The van der Waals surface area contributed by atoms with E-state index < -0.39 is 5.66 Å². The maximum atomic E-state index is 12.9. The Kier molecular flexibility index (Phi) is 3.16. The molecule has 2 heterocycles. The van der Waals surface area contributed by atoms with Gasteiger partial charge in [-0.3, -0.25) is 9.69 Å². The maximum absolute atomic E-state index is 12.9. The Morgan fingerprint density at radius 1 is 1.09 bits per heavy atom. The first-order valence-electron chi connectivity index (χ1n) is 8.04. The van der Waals surface area contributed by atoms with Crippen LogP contribution in [0.1, 0.15) is 28.4 Å². The van der Waals surface area contributed by atoms with Crippen molar-refractivity contribution in [3.63, 3.8) is 0 Å². The second-order valence-electron chi connectivity index (χ2n) is 5.98. The minimum Gasteiger partial charge on any atom is -0.497 e. The fourth-order valence-electron chi connectivity index (χ4n) is 4.10. The Morgan fingerprint density at radius 2 is 1.83 bits per heavy atom. The summed E-state index contributed by atoms with van der Waals surface area (Å²) in [6, 6.07) is 16.1. The van der Waals surface area contributed by atoms with Gasteiger partial charge in [0.05, 0.1) is 7.11 Å². The van der Waals surface area contributed by atoms with Gasteiger partial charge in [-0.25, -0.2) is 0 Å². The Labute approximate surface area is 136 Å². The number of fused-ring (bicyclic) bond motifs is 3. The highest BCUT2D eigenvalue weighted by Gasteiger charge is 2.57. The first-order chi connectivity index (χ1) is 11.2. The number of carbonyl (C=O) groups is 1. The van der Waals surface area contributed by atoms with Crippen LogP contribution in [0.3, 0.4) is 0 Å². The van der Waals surface area contributed by atoms with Gasteiger partial charge in [0.15, 0.2) is 0 Å². The fraction of sp³-hybridized carbons (Fsp3) is 0.316. The molecule has 1 saturated heterocycles. The molecule has 0 saturated carbocycles. The fourth-order valence-corrected chi connectivity index (χ4v) is 4.10. The van der Waals surface area contributed by atoms with Crippen molar-refractivity contribution < 1.29 is 9.53 Å². The van der Waals surface area contributed by atoms with Gasteiger partial charge in [0, 0.05) is 24.2 Å². The molecule has 4 rings (SSSR count). The van der Waals surface area contributed by atoms with Gasteiger partial charge in [0.2, 0.25) is 0 Å². The van der Waals surface area contributed by atoms with Crippen molar-refractivity contribution in [3.05, 3.63) is 65.2 Å². The SMILES string of the molecule is CCN1CCN2C(=O)c3ccccc3C12c1ccc(OC)cc1. The second-order valence-corrected chi connectivity index (χ2v) is 5.98. The minimum absolute atomic E-state index is 0.132. The summed E-state index contributed by atoms with van der Waals surface area (Å²) in [4.78, 5) is 17.3. The van der Waals surface area contributed by atoms with E-state index in [-0.39, 0.29) is 5.91 Å². The van der Waals surface area contributed by atoms with Crippen LogP contribution in [0, 0.1) is 0 Å². The molecule has 0 spiro atoms. The summed E-state index contributed by atoms with van der Waals surface area (Å²) >= 11 is 0. The van der Waals surface area contributed by atoms with Gasteiger partial charge in [0.1, 0.15) is 11.4 Å². The van der Waals surface area contributed by atoms with Crippen molar-refractivity contribution in [1.82, 2.24) is 9.80 Å². The molecular weight excluding hydrogens is 288 g/mol. The molecule has 23 heavy (non-hydrogen) atoms. The first kappa shape index (κ1) is 14.3. The van der Waals surface area contributed by atoms with E-state index >= 15 is 0 Å². The minimum atomic E-state index is -0.477. The molecule has 1 atom stereocenters. The Morgan fingerprint density at radius 3 is 2.52 bits per heavy atom. The smallest absolute Gasteiger partial charge is 0.256 e. The van der Waals surface area contributed by atoms with E-state index in [1.165, 1.54) is 0 Å². The zero-order chi connectivity index (χ0) is 16.0. The highest BCUT2D eigenvalue weighted by molar-refractivity contribution is 6.01. The summed E-state index contributed by atoms with van der Waals surface area (Å²) in [6.07, 6.45) is 0. The monoisotopic (exact) mass is 308 g/mol. The predicted octanol–water partition coefficient (Wildman–Crippen LogP) is 2.69. The third kappa shape index (κ3) is 1.72. The molecule has 1 fully saturated rings. The molecule has 2 aliphatic heterocycles. The van der Waals surface area contributed by atoms with E-state index in [1.54, 1.807) is 7.11 Å². The van der Waals surface area contributed by atoms with Crippen LogP contribution < -0.4 is 4.74 Å². The van der Waals surface area contributed by atoms with Crippen LogP contribution in [0.25, 0.3) is 0 Å². The summed E-state index contributed by atoms with van der Waals surface area (Å²) in [6.45, 7) is 4.69. The summed E-state index contributed by atoms with van der Waals surface area (Å²) in [5.74, 6) is 0.961. The Balaban J connectivity index is 1.97. The van der Waals surface area contributed by atoms with Crippen molar-refractivity contribution in [2.24, 2.45) is 0 Å². The van der Waals surface area contributed by atoms with Crippen molar-refractivity contribution in [1.29, 1.82) is 0 Å². The van der Waals surface area contributed by atoms with Gasteiger partial charge in [-0.05, 0) is 30.3 Å². The number of methoxy groups -OCH3 is 1. The molecule has 2 aromatic rings. The number of ether oxygens (including phenoxy) is 1. The Bertz CT molecular complexity index is 756. The molecule has 0 bridgehead atoms. The molecule has 4 heteroatoms. The molecule has 118 valence electrons. The van der Waals surface area contributed by atoms with E-state index in [9.17, 15) is 4.79 Å². The number of carbonyl (C=O) groups excluding carboxylic acids is 1. The first-order valence-corrected chi connectivity index (χ1v) is 8.04. The standard InChI is InChI=1S/C19H20N2O2/c1-3-20-12-13-21-18(22)16-6-4-5-7-17(16)19(20,21)14-8-10-15(23-2)11-9-14/h4-11H,3,12-13H2,1-2H3. The molecule has 2 aromatic carbocycles. The van der Waals surface area contributed by atoms with Crippen LogP contribution in [0.5, 0.6) is 5.75 Å². The zero-order valence-corrected chi connectivity index (χ0v) is 13.5. The number of likely N-dealkylation sites (N-methyl/N-ethyl adjacent to an activating group) is 1. The lowest BCUT2D eigenvalue weighted by molar-refractivity contribution is 0.0472. The third-order valence-electron chi connectivity index (χ3n) is 5.09. The molecule has 0 aromatic heterocycles. The molecule has 1 amide bonds. The van der Waals surface area contributed by atoms with Crippen molar-refractivity contribution >= 4 is 5.91 Å². The highest BCUT2D eigenvalue weighted by atomic mass is 16.5. The lowest BCUT2D eigenvalue weighted by Crippen LogP contribution is -2.49. The largest absolute Gasteiger partial charge is 0.497 e. The second kappa shape index (κ2) is 5.10. The molecule has 0 radical (unpaired) electrons.